The third kappa shape index (κ3) is 1.65. The quantitative estimate of drug-likeness (QED) is 0.661. The molecule has 12 heavy (non-hydrogen) atoms. The smallest absolute Gasteiger partial charge is 0.273 e. The molecule has 66 valence electrons. The summed E-state index contributed by atoms with van der Waals surface area (Å²) in [5, 5.41) is 11.4. The molecule has 0 fully saturated rings. The lowest BCUT2D eigenvalue weighted by Gasteiger charge is -2.04. The first kappa shape index (κ1) is 8.80. The molecule has 0 spiro atoms. The molecule has 0 atom stereocenters. The minimum atomic E-state index is -0.103. The van der Waals surface area contributed by atoms with E-state index in [1.54, 1.807) is 25.4 Å². The van der Waals surface area contributed by atoms with Crippen LogP contribution in [0.4, 0.5) is 5.69 Å². The van der Waals surface area contributed by atoms with E-state index in [1.807, 2.05) is 0 Å². The molecule has 1 aromatic heterocycles. The number of hydrogen-bond donors (Lipinski definition) is 2. The molecule has 1 rings (SSSR count). The van der Waals surface area contributed by atoms with Gasteiger partial charge in [-0.05, 0) is 12.1 Å². The van der Waals surface area contributed by atoms with Crippen LogP contribution in [0, 0.1) is 0 Å². The van der Waals surface area contributed by atoms with E-state index in [0.29, 0.717) is 12.2 Å². The topological polar surface area (TPSA) is 54.3 Å². The SMILES string of the molecule is CNc1cccn(CCO)c1=O. The molecule has 1 heterocycles. The number of rotatable bonds is 3. The molecule has 0 radical (unpaired) electrons. The van der Waals surface area contributed by atoms with Crippen molar-refractivity contribution in [3.63, 3.8) is 0 Å². The summed E-state index contributed by atoms with van der Waals surface area (Å²) in [7, 11) is 1.69. The van der Waals surface area contributed by atoms with E-state index in [9.17, 15) is 4.79 Å². The number of nitrogens with zero attached hydrogens (tertiary/aromatic N) is 1. The van der Waals surface area contributed by atoms with E-state index >= 15 is 0 Å². The largest absolute Gasteiger partial charge is 0.395 e. The maximum Gasteiger partial charge on any atom is 0.273 e. The van der Waals surface area contributed by atoms with E-state index < -0.39 is 0 Å². The maximum atomic E-state index is 11.4. The number of aliphatic hydroxyl groups excluding tert-OH is 1. The Morgan fingerprint density at radius 1 is 1.67 bits per heavy atom. The number of pyridine rings is 1. The van der Waals surface area contributed by atoms with Crippen LogP contribution in [0.3, 0.4) is 0 Å². The van der Waals surface area contributed by atoms with E-state index in [2.05, 4.69) is 5.32 Å². The third-order valence-corrected chi connectivity index (χ3v) is 1.63. The first-order valence-corrected chi connectivity index (χ1v) is 3.77. The third-order valence-electron chi connectivity index (χ3n) is 1.63. The Morgan fingerprint density at radius 3 is 3.00 bits per heavy atom. The number of aliphatic hydroxyl groups is 1. The summed E-state index contributed by atoms with van der Waals surface area (Å²) in [5.74, 6) is 0. The van der Waals surface area contributed by atoms with Crippen LogP contribution in [-0.2, 0) is 6.54 Å². The molecule has 0 bridgehead atoms. The van der Waals surface area contributed by atoms with Gasteiger partial charge in [-0.3, -0.25) is 4.79 Å². The molecule has 4 nitrogen and oxygen atoms in total. The second-order valence-corrected chi connectivity index (χ2v) is 2.39. The molecule has 0 saturated heterocycles. The average molecular weight is 168 g/mol. The second kappa shape index (κ2) is 3.92. The fourth-order valence-electron chi connectivity index (χ4n) is 1.01. The van der Waals surface area contributed by atoms with Gasteiger partial charge in [0.15, 0.2) is 0 Å². The lowest BCUT2D eigenvalue weighted by Crippen LogP contribution is -2.23. The summed E-state index contributed by atoms with van der Waals surface area (Å²) < 4.78 is 1.46. The highest BCUT2D eigenvalue weighted by atomic mass is 16.3. The summed E-state index contributed by atoms with van der Waals surface area (Å²) >= 11 is 0. The van der Waals surface area contributed by atoms with Crippen LogP contribution in [0.5, 0.6) is 0 Å². The number of aromatic nitrogens is 1. The summed E-state index contributed by atoms with van der Waals surface area (Å²) in [5.41, 5.74) is 0.444. The van der Waals surface area contributed by atoms with Crippen LogP contribution in [-0.4, -0.2) is 23.3 Å². The van der Waals surface area contributed by atoms with E-state index in [4.69, 9.17) is 5.11 Å². The highest BCUT2D eigenvalue weighted by Gasteiger charge is 1.98. The second-order valence-electron chi connectivity index (χ2n) is 2.39. The van der Waals surface area contributed by atoms with Crippen molar-refractivity contribution >= 4 is 5.69 Å². The van der Waals surface area contributed by atoms with Crippen LogP contribution in [0.15, 0.2) is 23.1 Å². The molecule has 0 amide bonds. The summed E-state index contributed by atoms with van der Waals surface area (Å²) in [4.78, 5) is 11.4. The van der Waals surface area contributed by atoms with Gasteiger partial charge in [0.2, 0.25) is 0 Å². The van der Waals surface area contributed by atoms with Gasteiger partial charge < -0.3 is 15.0 Å². The van der Waals surface area contributed by atoms with Gasteiger partial charge in [-0.15, -0.1) is 0 Å². The van der Waals surface area contributed by atoms with Crippen LogP contribution >= 0.6 is 0 Å². The fraction of sp³-hybridized carbons (Fsp3) is 0.375. The highest BCUT2D eigenvalue weighted by Crippen LogP contribution is 1.95. The monoisotopic (exact) mass is 168 g/mol. The first-order valence-electron chi connectivity index (χ1n) is 3.77. The highest BCUT2D eigenvalue weighted by molar-refractivity contribution is 5.39. The summed E-state index contributed by atoms with van der Waals surface area (Å²) in [6.07, 6.45) is 1.65. The predicted molar refractivity (Wildman–Crippen MR) is 47.3 cm³/mol. The normalized spacial score (nSPS) is 9.83. The lowest BCUT2D eigenvalue weighted by molar-refractivity contribution is 0.274. The van der Waals surface area contributed by atoms with Gasteiger partial charge in [0.1, 0.15) is 5.69 Å². The van der Waals surface area contributed by atoms with Crippen LogP contribution < -0.4 is 10.9 Å². The minimum absolute atomic E-state index is 0.0208. The van der Waals surface area contributed by atoms with Crippen LogP contribution in [0.25, 0.3) is 0 Å². The molecule has 0 aliphatic rings. The molecule has 4 heteroatoms. The molecule has 0 unspecified atom stereocenters. The van der Waals surface area contributed by atoms with Crippen molar-refractivity contribution in [1.82, 2.24) is 4.57 Å². The zero-order valence-corrected chi connectivity index (χ0v) is 6.95. The fourth-order valence-corrected chi connectivity index (χ4v) is 1.01. The van der Waals surface area contributed by atoms with Gasteiger partial charge in [-0.2, -0.15) is 0 Å². The Labute approximate surface area is 70.5 Å². The van der Waals surface area contributed by atoms with Crippen molar-refractivity contribution < 1.29 is 5.11 Å². The standard InChI is InChI=1S/C8H12N2O2/c1-9-7-3-2-4-10(5-6-11)8(7)12/h2-4,9,11H,5-6H2,1H3. The van der Waals surface area contributed by atoms with Crippen LogP contribution in [0.2, 0.25) is 0 Å². The Morgan fingerprint density at radius 2 is 2.42 bits per heavy atom. The molecule has 0 saturated carbocycles. The Balaban J connectivity index is 3.06. The molecule has 1 aromatic rings. The van der Waals surface area contributed by atoms with Crippen LogP contribution in [0.1, 0.15) is 0 Å². The Hall–Kier alpha value is -1.29. The van der Waals surface area contributed by atoms with Crippen molar-refractivity contribution in [2.45, 2.75) is 6.54 Å². The molecular formula is C8H12N2O2. The number of nitrogens with one attached hydrogen (secondary N) is 1. The minimum Gasteiger partial charge on any atom is -0.395 e. The Kier molecular flexibility index (Phi) is 2.88. The summed E-state index contributed by atoms with van der Waals surface area (Å²) in [6, 6.07) is 3.47. The Bertz CT molecular complexity index is 306. The van der Waals surface area contributed by atoms with E-state index in [1.165, 1.54) is 4.57 Å². The molecule has 0 aromatic carbocycles. The zero-order chi connectivity index (χ0) is 8.97. The van der Waals surface area contributed by atoms with Crippen molar-refractivity contribution in [2.75, 3.05) is 19.0 Å². The molecule has 2 N–H and O–H groups in total. The molecule has 0 aliphatic carbocycles. The molecule has 0 aliphatic heterocycles. The van der Waals surface area contributed by atoms with Crippen molar-refractivity contribution in [3.05, 3.63) is 28.7 Å². The first-order chi connectivity index (χ1) is 5.79. The van der Waals surface area contributed by atoms with Gasteiger partial charge in [-0.25, -0.2) is 0 Å². The van der Waals surface area contributed by atoms with Gasteiger partial charge >= 0.3 is 0 Å². The van der Waals surface area contributed by atoms with Gasteiger partial charge in [-0.1, -0.05) is 0 Å². The molecular weight excluding hydrogens is 156 g/mol. The number of hydrogen-bond acceptors (Lipinski definition) is 3. The van der Waals surface area contributed by atoms with Gasteiger partial charge in [0.25, 0.3) is 5.56 Å². The summed E-state index contributed by atoms with van der Waals surface area (Å²) in [6.45, 7) is 0.321. The average Bonchev–Trinajstić information content (AvgIpc) is 2.09. The van der Waals surface area contributed by atoms with Gasteiger partial charge in [0, 0.05) is 19.8 Å². The zero-order valence-electron chi connectivity index (χ0n) is 6.95. The predicted octanol–water partition coefficient (Wildman–Crippen LogP) is -0.118. The van der Waals surface area contributed by atoms with Crippen molar-refractivity contribution in [3.8, 4) is 0 Å². The van der Waals surface area contributed by atoms with Crippen molar-refractivity contribution in [1.29, 1.82) is 0 Å². The van der Waals surface area contributed by atoms with Crippen molar-refractivity contribution in [2.24, 2.45) is 0 Å². The lowest BCUT2D eigenvalue weighted by atomic mass is 10.4. The van der Waals surface area contributed by atoms with E-state index in [-0.39, 0.29) is 12.2 Å². The van der Waals surface area contributed by atoms with E-state index in [0.717, 1.165) is 0 Å². The maximum absolute atomic E-state index is 11.4. The van der Waals surface area contributed by atoms with Gasteiger partial charge in [0.05, 0.1) is 6.61 Å². The number of anilines is 1.